The highest BCUT2D eigenvalue weighted by Crippen LogP contribution is 2.15. The average Bonchev–Trinajstić information content (AvgIpc) is 1.99. The Labute approximate surface area is 91.1 Å². The fraction of sp³-hybridized carbons (Fsp3) is 0.818. The minimum Gasteiger partial charge on any atom is -0.481 e. The van der Waals surface area contributed by atoms with E-state index in [0.717, 1.165) is 0 Å². The maximum atomic E-state index is 11.4. The van der Waals surface area contributed by atoms with Gasteiger partial charge in [-0.05, 0) is 26.2 Å². The Morgan fingerprint density at radius 1 is 1.20 bits per heavy atom. The molecule has 1 unspecified atom stereocenters. The second-order valence-corrected chi connectivity index (χ2v) is 4.59. The summed E-state index contributed by atoms with van der Waals surface area (Å²) in [7, 11) is 0. The molecule has 0 radical (unpaired) electrons. The number of hydrogen-bond acceptors (Lipinski definition) is 2. The zero-order valence-electron chi connectivity index (χ0n) is 9.91. The molecule has 0 aliphatic heterocycles. The van der Waals surface area contributed by atoms with Crippen molar-refractivity contribution in [2.45, 2.75) is 46.6 Å². The van der Waals surface area contributed by atoms with Crippen LogP contribution in [0, 0.1) is 11.8 Å². The van der Waals surface area contributed by atoms with Gasteiger partial charge in [0.05, 0.1) is 5.92 Å². The molecule has 1 atom stereocenters. The lowest BCUT2D eigenvalue weighted by molar-refractivity contribution is -0.144. The van der Waals surface area contributed by atoms with Gasteiger partial charge in [-0.25, -0.2) is 0 Å². The second-order valence-electron chi connectivity index (χ2n) is 4.59. The van der Waals surface area contributed by atoms with Crippen LogP contribution in [0.25, 0.3) is 0 Å². The molecule has 0 fully saturated rings. The zero-order valence-corrected chi connectivity index (χ0v) is 9.91. The number of hydrogen-bond donors (Lipinski definition) is 2. The summed E-state index contributed by atoms with van der Waals surface area (Å²) in [4.78, 5) is 22.3. The molecule has 88 valence electrons. The highest BCUT2D eigenvalue weighted by atomic mass is 16.4. The van der Waals surface area contributed by atoms with Crippen LogP contribution in [0.2, 0.25) is 0 Å². The summed E-state index contributed by atoms with van der Waals surface area (Å²) in [6.45, 7) is 7.62. The Morgan fingerprint density at radius 3 is 2.07 bits per heavy atom. The molecule has 4 heteroatoms. The summed E-state index contributed by atoms with van der Waals surface area (Å²) in [5.74, 6) is -1.35. The van der Waals surface area contributed by atoms with E-state index in [0.29, 0.717) is 6.42 Å². The summed E-state index contributed by atoms with van der Waals surface area (Å²) in [6, 6.07) is 0.0611. The van der Waals surface area contributed by atoms with Gasteiger partial charge in [-0.1, -0.05) is 13.8 Å². The molecule has 0 rings (SSSR count). The molecule has 4 nitrogen and oxygen atoms in total. The van der Waals surface area contributed by atoms with Crippen LogP contribution >= 0.6 is 0 Å². The monoisotopic (exact) mass is 215 g/mol. The van der Waals surface area contributed by atoms with Crippen LogP contribution < -0.4 is 5.32 Å². The number of carbonyl (C=O) groups is 2. The van der Waals surface area contributed by atoms with Gasteiger partial charge in [0.2, 0.25) is 5.91 Å². The van der Waals surface area contributed by atoms with Gasteiger partial charge in [0, 0.05) is 12.5 Å². The summed E-state index contributed by atoms with van der Waals surface area (Å²) < 4.78 is 0. The van der Waals surface area contributed by atoms with Crippen molar-refractivity contribution in [3.05, 3.63) is 0 Å². The van der Waals surface area contributed by atoms with E-state index in [2.05, 4.69) is 5.32 Å². The van der Waals surface area contributed by atoms with Gasteiger partial charge in [-0.2, -0.15) is 0 Å². The molecule has 0 aromatic carbocycles. The van der Waals surface area contributed by atoms with E-state index in [-0.39, 0.29) is 24.3 Å². The SMILES string of the molecule is CC(C)CC(CC(=O)NC(C)C)C(=O)O. The first-order valence-corrected chi connectivity index (χ1v) is 5.35. The molecule has 0 heterocycles. The predicted octanol–water partition coefficient (Wildman–Crippen LogP) is 1.65. The molecule has 0 saturated carbocycles. The third-order valence-electron chi connectivity index (χ3n) is 1.99. The lowest BCUT2D eigenvalue weighted by Gasteiger charge is -2.15. The van der Waals surface area contributed by atoms with Crippen LogP contribution in [0.1, 0.15) is 40.5 Å². The highest BCUT2D eigenvalue weighted by molar-refractivity contribution is 5.82. The molecular formula is C11H21NO3. The molecule has 0 aliphatic carbocycles. The Balaban J connectivity index is 4.16. The highest BCUT2D eigenvalue weighted by Gasteiger charge is 2.22. The van der Waals surface area contributed by atoms with E-state index >= 15 is 0 Å². The van der Waals surface area contributed by atoms with E-state index in [1.165, 1.54) is 0 Å². The largest absolute Gasteiger partial charge is 0.481 e. The van der Waals surface area contributed by atoms with Crippen molar-refractivity contribution in [1.29, 1.82) is 0 Å². The van der Waals surface area contributed by atoms with Gasteiger partial charge in [-0.3, -0.25) is 9.59 Å². The predicted molar refractivity (Wildman–Crippen MR) is 58.5 cm³/mol. The van der Waals surface area contributed by atoms with Crippen LogP contribution in [0.5, 0.6) is 0 Å². The van der Waals surface area contributed by atoms with Crippen LogP contribution in [0.3, 0.4) is 0 Å². The molecule has 0 spiro atoms. The first-order valence-electron chi connectivity index (χ1n) is 5.35. The standard InChI is InChI=1S/C11H21NO3/c1-7(2)5-9(11(14)15)6-10(13)12-8(3)4/h7-9H,5-6H2,1-4H3,(H,12,13)(H,14,15). The summed E-state index contributed by atoms with van der Waals surface area (Å²) in [5, 5.41) is 11.6. The normalized spacial score (nSPS) is 12.9. The van der Waals surface area contributed by atoms with Crippen LogP contribution in [-0.2, 0) is 9.59 Å². The van der Waals surface area contributed by atoms with Gasteiger partial charge in [-0.15, -0.1) is 0 Å². The van der Waals surface area contributed by atoms with E-state index in [4.69, 9.17) is 5.11 Å². The lowest BCUT2D eigenvalue weighted by Crippen LogP contribution is -2.33. The number of aliphatic carboxylic acids is 1. The summed E-state index contributed by atoms with van der Waals surface area (Å²) in [5.41, 5.74) is 0. The Hall–Kier alpha value is -1.06. The molecule has 0 saturated heterocycles. The van der Waals surface area contributed by atoms with Crippen LogP contribution in [-0.4, -0.2) is 23.0 Å². The van der Waals surface area contributed by atoms with Gasteiger partial charge >= 0.3 is 5.97 Å². The summed E-state index contributed by atoms with van der Waals surface area (Å²) in [6.07, 6.45) is 0.618. The topological polar surface area (TPSA) is 66.4 Å². The quantitative estimate of drug-likeness (QED) is 0.708. The van der Waals surface area contributed by atoms with Crippen molar-refractivity contribution >= 4 is 11.9 Å². The van der Waals surface area contributed by atoms with Crippen LogP contribution in [0.4, 0.5) is 0 Å². The van der Waals surface area contributed by atoms with Crippen molar-refractivity contribution in [2.75, 3.05) is 0 Å². The minimum atomic E-state index is -0.886. The molecule has 0 bridgehead atoms. The Morgan fingerprint density at radius 2 is 1.73 bits per heavy atom. The maximum absolute atomic E-state index is 11.4. The first kappa shape index (κ1) is 13.9. The number of carbonyl (C=O) groups excluding carboxylic acids is 1. The van der Waals surface area contributed by atoms with Crippen molar-refractivity contribution in [2.24, 2.45) is 11.8 Å². The molecule has 0 aliphatic rings. The number of nitrogens with one attached hydrogen (secondary N) is 1. The smallest absolute Gasteiger partial charge is 0.307 e. The van der Waals surface area contributed by atoms with E-state index in [1.54, 1.807) is 0 Å². The molecule has 1 amide bonds. The second kappa shape index (κ2) is 6.43. The maximum Gasteiger partial charge on any atom is 0.307 e. The third kappa shape index (κ3) is 6.94. The summed E-state index contributed by atoms with van der Waals surface area (Å²) >= 11 is 0. The minimum absolute atomic E-state index is 0.0611. The van der Waals surface area contributed by atoms with Crippen molar-refractivity contribution in [3.63, 3.8) is 0 Å². The van der Waals surface area contributed by atoms with Gasteiger partial charge < -0.3 is 10.4 Å². The molecule has 15 heavy (non-hydrogen) atoms. The molecule has 0 aromatic heterocycles. The van der Waals surface area contributed by atoms with E-state index in [1.807, 2.05) is 27.7 Å². The number of amides is 1. The first-order chi connectivity index (χ1) is 6.82. The van der Waals surface area contributed by atoms with Gasteiger partial charge in [0.15, 0.2) is 0 Å². The van der Waals surface area contributed by atoms with E-state index in [9.17, 15) is 9.59 Å². The number of carboxylic acids is 1. The van der Waals surface area contributed by atoms with Crippen molar-refractivity contribution in [3.8, 4) is 0 Å². The molecular weight excluding hydrogens is 194 g/mol. The van der Waals surface area contributed by atoms with Crippen molar-refractivity contribution < 1.29 is 14.7 Å². The van der Waals surface area contributed by atoms with Gasteiger partial charge in [0.1, 0.15) is 0 Å². The third-order valence-corrected chi connectivity index (χ3v) is 1.99. The zero-order chi connectivity index (χ0) is 12.0. The van der Waals surface area contributed by atoms with Crippen LogP contribution in [0.15, 0.2) is 0 Å². The van der Waals surface area contributed by atoms with Crippen molar-refractivity contribution in [1.82, 2.24) is 5.32 Å². The average molecular weight is 215 g/mol. The lowest BCUT2D eigenvalue weighted by atomic mass is 9.94. The number of carboxylic acid groups (broad SMARTS) is 1. The van der Waals surface area contributed by atoms with E-state index < -0.39 is 11.9 Å². The fourth-order valence-electron chi connectivity index (χ4n) is 1.45. The molecule has 0 aromatic rings. The fourth-order valence-corrected chi connectivity index (χ4v) is 1.45. The Kier molecular flexibility index (Phi) is 5.97. The Bertz CT molecular complexity index is 224. The number of rotatable bonds is 6. The molecule has 2 N–H and O–H groups in total. The van der Waals surface area contributed by atoms with Gasteiger partial charge in [0.25, 0.3) is 0 Å².